The van der Waals surface area contributed by atoms with Gasteiger partial charge in [0.25, 0.3) is 0 Å². The number of hydrogen-bond donors (Lipinski definition) is 0. The molecule has 0 fully saturated rings. The van der Waals surface area contributed by atoms with Gasteiger partial charge in [0.05, 0.1) is 0 Å². The molecule has 5 heteroatoms. The van der Waals surface area contributed by atoms with Gasteiger partial charge < -0.3 is 0 Å². The van der Waals surface area contributed by atoms with Gasteiger partial charge in [0.15, 0.2) is 10.3 Å². The van der Waals surface area contributed by atoms with Crippen LogP contribution >= 0.6 is 39.1 Å². The SMILES string of the molecule is CC(Br)c1cc(Cl)nnc1Cl. The van der Waals surface area contributed by atoms with E-state index in [0.29, 0.717) is 10.3 Å². The highest BCUT2D eigenvalue weighted by Gasteiger charge is 2.08. The molecule has 0 aromatic carbocycles. The molecule has 1 aromatic rings. The smallest absolute Gasteiger partial charge is 0.137 e. The second kappa shape index (κ2) is 3.70. The fourth-order valence-electron chi connectivity index (χ4n) is 0.645. The summed E-state index contributed by atoms with van der Waals surface area (Å²) in [6, 6.07) is 1.69. The Labute approximate surface area is 83.0 Å². The Bertz CT molecular complexity index is 265. The van der Waals surface area contributed by atoms with E-state index >= 15 is 0 Å². The maximum Gasteiger partial charge on any atom is 0.156 e. The predicted molar refractivity (Wildman–Crippen MR) is 49.4 cm³/mol. The van der Waals surface area contributed by atoms with Gasteiger partial charge in [-0.3, -0.25) is 0 Å². The summed E-state index contributed by atoms with van der Waals surface area (Å²) >= 11 is 14.7. The highest BCUT2D eigenvalue weighted by Crippen LogP contribution is 2.27. The molecular formula is C6H5BrCl2N2. The molecule has 0 bridgehead atoms. The minimum absolute atomic E-state index is 0.142. The van der Waals surface area contributed by atoms with Crippen molar-refractivity contribution in [3.05, 3.63) is 21.9 Å². The average molecular weight is 256 g/mol. The molecule has 1 rings (SSSR count). The van der Waals surface area contributed by atoms with Gasteiger partial charge in [-0.2, -0.15) is 0 Å². The zero-order valence-electron chi connectivity index (χ0n) is 5.68. The Morgan fingerprint density at radius 2 is 2.09 bits per heavy atom. The summed E-state index contributed by atoms with van der Waals surface area (Å²) in [5.41, 5.74) is 0.853. The van der Waals surface area contributed by atoms with Crippen LogP contribution in [0.4, 0.5) is 0 Å². The fraction of sp³-hybridized carbons (Fsp3) is 0.333. The summed E-state index contributed by atoms with van der Waals surface area (Å²) in [7, 11) is 0. The summed E-state index contributed by atoms with van der Waals surface area (Å²) in [5.74, 6) is 0. The van der Waals surface area contributed by atoms with Gasteiger partial charge in [-0.25, -0.2) is 0 Å². The van der Waals surface area contributed by atoms with E-state index < -0.39 is 0 Å². The molecule has 60 valence electrons. The van der Waals surface area contributed by atoms with Gasteiger partial charge in [-0.05, 0) is 13.0 Å². The van der Waals surface area contributed by atoms with E-state index in [1.54, 1.807) is 6.07 Å². The zero-order valence-corrected chi connectivity index (χ0v) is 8.78. The molecule has 1 unspecified atom stereocenters. The van der Waals surface area contributed by atoms with Crippen molar-refractivity contribution in [3.63, 3.8) is 0 Å². The minimum Gasteiger partial charge on any atom is -0.137 e. The molecular weight excluding hydrogens is 251 g/mol. The van der Waals surface area contributed by atoms with Crippen molar-refractivity contribution in [2.24, 2.45) is 0 Å². The first-order chi connectivity index (χ1) is 5.11. The molecule has 0 saturated heterocycles. The van der Waals surface area contributed by atoms with Gasteiger partial charge in [-0.15, -0.1) is 10.2 Å². The number of halogens is 3. The normalized spacial score (nSPS) is 13.1. The molecule has 0 saturated carbocycles. The molecule has 2 nitrogen and oxygen atoms in total. The standard InChI is InChI=1S/C6H5BrCl2N2/c1-3(7)4-2-5(8)10-11-6(4)9/h2-3H,1H3. The summed E-state index contributed by atoms with van der Waals surface area (Å²) in [5, 5.41) is 7.98. The lowest BCUT2D eigenvalue weighted by atomic mass is 10.2. The highest BCUT2D eigenvalue weighted by atomic mass is 79.9. The lowest BCUT2D eigenvalue weighted by Crippen LogP contribution is -1.91. The monoisotopic (exact) mass is 254 g/mol. The first-order valence-electron chi connectivity index (χ1n) is 2.94. The number of nitrogens with zero attached hydrogens (tertiary/aromatic N) is 2. The zero-order chi connectivity index (χ0) is 8.43. The Balaban J connectivity index is 3.13. The van der Waals surface area contributed by atoms with E-state index in [0.717, 1.165) is 5.56 Å². The van der Waals surface area contributed by atoms with Crippen LogP contribution in [0.3, 0.4) is 0 Å². The Morgan fingerprint density at radius 1 is 1.45 bits per heavy atom. The van der Waals surface area contributed by atoms with Crippen molar-refractivity contribution in [2.75, 3.05) is 0 Å². The molecule has 1 aromatic heterocycles. The number of aromatic nitrogens is 2. The van der Waals surface area contributed by atoms with E-state index in [1.807, 2.05) is 6.92 Å². The minimum atomic E-state index is 0.142. The van der Waals surface area contributed by atoms with Crippen LogP contribution in [-0.4, -0.2) is 10.2 Å². The lowest BCUT2D eigenvalue weighted by molar-refractivity contribution is 0.980. The Hall–Kier alpha value is 0.140. The van der Waals surface area contributed by atoms with Crippen molar-refractivity contribution in [2.45, 2.75) is 11.8 Å². The molecule has 1 atom stereocenters. The Kier molecular flexibility index (Phi) is 3.10. The van der Waals surface area contributed by atoms with Crippen LogP contribution in [0, 0.1) is 0 Å². The van der Waals surface area contributed by atoms with Gasteiger partial charge in [0.1, 0.15) is 0 Å². The van der Waals surface area contributed by atoms with E-state index in [1.165, 1.54) is 0 Å². The largest absolute Gasteiger partial charge is 0.156 e. The third-order valence-electron chi connectivity index (χ3n) is 1.17. The molecule has 0 spiro atoms. The van der Waals surface area contributed by atoms with Crippen molar-refractivity contribution < 1.29 is 0 Å². The third-order valence-corrected chi connectivity index (χ3v) is 2.15. The molecule has 0 aliphatic rings. The summed E-state index contributed by atoms with van der Waals surface area (Å²) in [6.45, 7) is 1.94. The van der Waals surface area contributed by atoms with Crippen LogP contribution in [0.25, 0.3) is 0 Å². The van der Waals surface area contributed by atoms with Gasteiger partial charge in [-0.1, -0.05) is 39.1 Å². The number of rotatable bonds is 1. The second-order valence-electron chi connectivity index (χ2n) is 2.03. The van der Waals surface area contributed by atoms with Crippen molar-refractivity contribution in [1.82, 2.24) is 10.2 Å². The van der Waals surface area contributed by atoms with Crippen LogP contribution in [0.1, 0.15) is 17.3 Å². The van der Waals surface area contributed by atoms with Crippen molar-refractivity contribution >= 4 is 39.1 Å². The molecule has 0 aliphatic heterocycles. The van der Waals surface area contributed by atoms with Crippen LogP contribution in [0.5, 0.6) is 0 Å². The molecule has 11 heavy (non-hydrogen) atoms. The first kappa shape index (κ1) is 9.23. The number of alkyl halides is 1. The maximum atomic E-state index is 5.73. The maximum absolute atomic E-state index is 5.73. The Morgan fingerprint density at radius 3 is 2.55 bits per heavy atom. The van der Waals surface area contributed by atoms with E-state index in [-0.39, 0.29) is 4.83 Å². The van der Waals surface area contributed by atoms with Crippen LogP contribution in [-0.2, 0) is 0 Å². The topological polar surface area (TPSA) is 25.8 Å². The lowest BCUT2D eigenvalue weighted by Gasteiger charge is -2.03. The quantitative estimate of drug-likeness (QED) is 0.720. The fourth-order valence-corrected chi connectivity index (χ4v) is 1.54. The average Bonchev–Trinajstić information content (AvgIpc) is 1.94. The van der Waals surface area contributed by atoms with Gasteiger partial charge in [0.2, 0.25) is 0 Å². The molecule has 0 amide bonds. The summed E-state index contributed by atoms with van der Waals surface area (Å²) in [4.78, 5) is 0.142. The first-order valence-corrected chi connectivity index (χ1v) is 4.61. The number of hydrogen-bond acceptors (Lipinski definition) is 2. The van der Waals surface area contributed by atoms with Gasteiger partial charge >= 0.3 is 0 Å². The molecule has 0 aliphatic carbocycles. The van der Waals surface area contributed by atoms with Gasteiger partial charge in [0, 0.05) is 10.4 Å². The second-order valence-corrected chi connectivity index (χ2v) is 4.15. The van der Waals surface area contributed by atoms with Crippen LogP contribution < -0.4 is 0 Å². The molecule has 0 N–H and O–H groups in total. The summed E-state index contributed by atoms with van der Waals surface area (Å²) < 4.78 is 0. The van der Waals surface area contributed by atoms with E-state index in [2.05, 4.69) is 26.1 Å². The van der Waals surface area contributed by atoms with Crippen LogP contribution in [0.2, 0.25) is 10.3 Å². The van der Waals surface area contributed by atoms with Crippen molar-refractivity contribution in [3.8, 4) is 0 Å². The highest BCUT2D eigenvalue weighted by molar-refractivity contribution is 9.09. The molecule has 0 radical (unpaired) electrons. The third kappa shape index (κ3) is 2.29. The van der Waals surface area contributed by atoms with Crippen LogP contribution in [0.15, 0.2) is 6.07 Å². The predicted octanol–water partition coefficient (Wildman–Crippen LogP) is 3.24. The van der Waals surface area contributed by atoms with E-state index in [9.17, 15) is 0 Å². The van der Waals surface area contributed by atoms with Crippen molar-refractivity contribution in [1.29, 1.82) is 0 Å². The van der Waals surface area contributed by atoms with E-state index in [4.69, 9.17) is 23.2 Å². The molecule has 1 heterocycles. The summed E-state index contributed by atoms with van der Waals surface area (Å²) in [6.07, 6.45) is 0.